The third-order valence-electron chi connectivity index (χ3n) is 3.40. The van der Waals surface area contributed by atoms with Crippen molar-refractivity contribution in [2.24, 2.45) is 5.92 Å². The molecule has 0 aromatic heterocycles. The fraction of sp³-hybridized carbons (Fsp3) is 0.833. The summed E-state index contributed by atoms with van der Waals surface area (Å²) in [5.41, 5.74) is -0.670. The quantitative estimate of drug-likeness (QED) is 0.670. The van der Waals surface area contributed by atoms with Crippen LogP contribution >= 0.6 is 0 Å². The van der Waals surface area contributed by atoms with Crippen LogP contribution in [0.25, 0.3) is 0 Å². The lowest BCUT2D eigenvalue weighted by atomic mass is 9.81. The maximum absolute atomic E-state index is 13.7. The minimum absolute atomic E-state index is 0.449. The minimum atomic E-state index is -1.15. The number of hydrogen-bond acceptors (Lipinski definition) is 4. The van der Waals surface area contributed by atoms with Crippen LogP contribution in [-0.2, 0) is 14.3 Å². The molecule has 3 fully saturated rings. The Morgan fingerprint density at radius 1 is 1.33 bits per heavy atom. The van der Waals surface area contributed by atoms with Crippen molar-refractivity contribution < 1.29 is 23.5 Å². The van der Waals surface area contributed by atoms with Crippen LogP contribution in [0.5, 0.6) is 0 Å². The number of amides is 1. The van der Waals surface area contributed by atoms with Crippen LogP contribution in [0.1, 0.15) is 27.2 Å². The molecule has 1 saturated carbocycles. The molecule has 0 spiro atoms. The van der Waals surface area contributed by atoms with Crippen LogP contribution in [0.3, 0.4) is 0 Å². The summed E-state index contributed by atoms with van der Waals surface area (Å²) in [5.74, 6) is -1.02. The Labute approximate surface area is 105 Å². The van der Waals surface area contributed by atoms with Gasteiger partial charge in [0.2, 0.25) is 0 Å². The number of carbonyl (C=O) groups is 2. The molecule has 0 aromatic carbocycles. The van der Waals surface area contributed by atoms with E-state index in [2.05, 4.69) is 4.74 Å². The zero-order chi connectivity index (χ0) is 13.7. The van der Waals surface area contributed by atoms with Crippen molar-refractivity contribution in [3.8, 4) is 0 Å². The number of nitrogens with zero attached hydrogens (tertiary/aromatic N) is 1. The van der Waals surface area contributed by atoms with E-state index in [9.17, 15) is 14.0 Å². The van der Waals surface area contributed by atoms with Gasteiger partial charge in [0, 0.05) is 5.92 Å². The Morgan fingerprint density at radius 2 is 1.94 bits per heavy atom. The van der Waals surface area contributed by atoms with Gasteiger partial charge in [-0.2, -0.15) is 0 Å². The average molecular weight is 259 g/mol. The summed E-state index contributed by atoms with van der Waals surface area (Å²) in [7, 11) is 1.23. The molecule has 0 N–H and O–H groups in total. The van der Waals surface area contributed by atoms with E-state index in [0.29, 0.717) is 6.42 Å². The van der Waals surface area contributed by atoms with Crippen LogP contribution in [0.2, 0.25) is 0 Å². The van der Waals surface area contributed by atoms with E-state index < -0.39 is 41.8 Å². The molecule has 2 heterocycles. The van der Waals surface area contributed by atoms with Gasteiger partial charge in [-0.1, -0.05) is 0 Å². The van der Waals surface area contributed by atoms with Gasteiger partial charge >= 0.3 is 12.1 Å². The number of methoxy groups -OCH3 is 1. The van der Waals surface area contributed by atoms with Gasteiger partial charge in [-0.25, -0.2) is 14.0 Å². The summed E-state index contributed by atoms with van der Waals surface area (Å²) < 4.78 is 23.5. The lowest BCUT2D eigenvalue weighted by Gasteiger charge is -2.31. The van der Waals surface area contributed by atoms with Crippen LogP contribution in [-0.4, -0.2) is 47.9 Å². The molecule has 2 saturated heterocycles. The Morgan fingerprint density at radius 3 is 2.39 bits per heavy atom. The Kier molecular flexibility index (Phi) is 2.99. The first-order valence-electron chi connectivity index (χ1n) is 5.99. The molecule has 3 rings (SSSR count). The summed E-state index contributed by atoms with van der Waals surface area (Å²) in [5, 5.41) is 0. The van der Waals surface area contributed by atoms with Gasteiger partial charge in [-0.3, -0.25) is 4.90 Å². The molecule has 6 heteroatoms. The molecule has 3 aliphatic rings. The van der Waals surface area contributed by atoms with Gasteiger partial charge in [-0.15, -0.1) is 0 Å². The number of ether oxygens (including phenoxy) is 2. The smallest absolute Gasteiger partial charge is 0.411 e. The third kappa shape index (κ3) is 1.93. The highest BCUT2D eigenvalue weighted by Crippen LogP contribution is 2.48. The van der Waals surface area contributed by atoms with Crippen molar-refractivity contribution in [2.75, 3.05) is 7.11 Å². The van der Waals surface area contributed by atoms with Gasteiger partial charge in [-0.05, 0) is 27.2 Å². The van der Waals surface area contributed by atoms with Gasteiger partial charge in [0.25, 0.3) is 0 Å². The van der Waals surface area contributed by atoms with Crippen molar-refractivity contribution in [2.45, 2.75) is 51.0 Å². The van der Waals surface area contributed by atoms with Crippen molar-refractivity contribution in [1.82, 2.24) is 4.90 Å². The molecule has 0 aromatic rings. The zero-order valence-corrected chi connectivity index (χ0v) is 11.0. The molecule has 1 aliphatic carbocycles. The highest BCUT2D eigenvalue weighted by molar-refractivity contribution is 5.84. The highest BCUT2D eigenvalue weighted by Gasteiger charge is 2.64. The normalized spacial score (nSPS) is 33.9. The second-order valence-corrected chi connectivity index (χ2v) is 5.77. The molecule has 2 bridgehead atoms. The molecule has 2 aliphatic heterocycles. The first-order valence-corrected chi connectivity index (χ1v) is 5.99. The molecule has 0 unspecified atom stereocenters. The standard InChI is InChI=1S/C12H18FNO4/c1-12(2,3)18-11(16)14-7-5-6(8(7)13)9(14)10(15)17-4/h6-9H,5H2,1-4H3/t6-,7+,8+,9-/m0/s1. The molecule has 18 heavy (non-hydrogen) atoms. The molecule has 0 radical (unpaired) electrons. The number of alkyl halides is 1. The fourth-order valence-corrected chi connectivity index (χ4v) is 2.58. The Bertz CT molecular complexity index is 379. The SMILES string of the molecule is COC(=O)[C@@H]1[C@H]2C[C@H]([C@@H]2F)N1C(=O)OC(C)(C)C. The number of hydrogen-bond donors (Lipinski definition) is 0. The van der Waals surface area contributed by atoms with Crippen LogP contribution in [0, 0.1) is 5.92 Å². The van der Waals surface area contributed by atoms with Gasteiger partial charge in [0.05, 0.1) is 13.2 Å². The number of carbonyl (C=O) groups excluding carboxylic acids is 2. The molecular formula is C12H18FNO4. The lowest BCUT2D eigenvalue weighted by molar-refractivity contribution is -0.146. The van der Waals surface area contributed by atoms with Crippen molar-refractivity contribution >= 4 is 12.1 Å². The number of rotatable bonds is 1. The highest BCUT2D eigenvalue weighted by atomic mass is 19.1. The van der Waals surface area contributed by atoms with E-state index in [1.807, 2.05) is 0 Å². The largest absolute Gasteiger partial charge is 0.467 e. The topological polar surface area (TPSA) is 55.8 Å². The Balaban J connectivity index is 2.15. The second kappa shape index (κ2) is 4.10. The zero-order valence-electron chi connectivity index (χ0n) is 11.0. The predicted molar refractivity (Wildman–Crippen MR) is 60.7 cm³/mol. The van der Waals surface area contributed by atoms with Gasteiger partial charge < -0.3 is 9.47 Å². The Hall–Kier alpha value is -1.33. The van der Waals surface area contributed by atoms with Crippen LogP contribution < -0.4 is 0 Å². The van der Waals surface area contributed by atoms with Crippen molar-refractivity contribution in [3.63, 3.8) is 0 Å². The second-order valence-electron chi connectivity index (χ2n) is 5.77. The minimum Gasteiger partial charge on any atom is -0.467 e. The van der Waals surface area contributed by atoms with Crippen molar-refractivity contribution in [3.05, 3.63) is 0 Å². The number of fused-ring (bicyclic) bond motifs is 1. The molecule has 102 valence electrons. The van der Waals surface area contributed by atoms with E-state index in [-0.39, 0.29) is 0 Å². The van der Waals surface area contributed by atoms with E-state index in [0.717, 1.165) is 0 Å². The van der Waals surface area contributed by atoms with E-state index in [1.54, 1.807) is 20.8 Å². The lowest BCUT2D eigenvalue weighted by Crippen LogP contribution is -2.46. The van der Waals surface area contributed by atoms with Crippen LogP contribution in [0.4, 0.5) is 9.18 Å². The van der Waals surface area contributed by atoms with Crippen molar-refractivity contribution in [1.29, 1.82) is 0 Å². The van der Waals surface area contributed by atoms with E-state index in [4.69, 9.17) is 4.74 Å². The first-order chi connectivity index (χ1) is 8.26. The summed E-state index contributed by atoms with van der Waals surface area (Å²) in [4.78, 5) is 24.8. The molecular weight excluding hydrogens is 241 g/mol. The number of halogens is 1. The molecule has 4 atom stereocenters. The summed E-state index contributed by atoms with van der Waals surface area (Å²) in [6, 6.07) is -1.39. The summed E-state index contributed by atoms with van der Waals surface area (Å²) >= 11 is 0. The molecule has 1 amide bonds. The van der Waals surface area contributed by atoms with E-state index in [1.165, 1.54) is 12.0 Å². The first kappa shape index (κ1) is 13.1. The van der Waals surface area contributed by atoms with Gasteiger partial charge in [0.1, 0.15) is 17.8 Å². The average Bonchev–Trinajstić information content (AvgIpc) is 2.77. The maximum Gasteiger partial charge on any atom is 0.411 e. The van der Waals surface area contributed by atoms with Gasteiger partial charge in [0.15, 0.2) is 0 Å². The number of esters is 1. The summed E-state index contributed by atoms with van der Waals surface area (Å²) in [6.45, 7) is 5.18. The monoisotopic (exact) mass is 259 g/mol. The molecule has 5 nitrogen and oxygen atoms in total. The maximum atomic E-state index is 13.7. The summed E-state index contributed by atoms with van der Waals surface area (Å²) in [6.07, 6.45) is -1.30. The fourth-order valence-electron chi connectivity index (χ4n) is 2.58. The van der Waals surface area contributed by atoms with Crippen LogP contribution in [0.15, 0.2) is 0 Å². The van der Waals surface area contributed by atoms with E-state index >= 15 is 0 Å². The third-order valence-corrected chi connectivity index (χ3v) is 3.40. The predicted octanol–water partition coefficient (Wildman–Crippen LogP) is 1.51.